The molecule has 1 aliphatic heterocycles. The summed E-state index contributed by atoms with van der Waals surface area (Å²) in [5.74, 6) is 0.986. The van der Waals surface area contributed by atoms with Gasteiger partial charge in [-0.3, -0.25) is 4.79 Å². The van der Waals surface area contributed by atoms with E-state index in [4.69, 9.17) is 10.5 Å². The number of nitrogens with two attached hydrogens (primary N) is 1. The van der Waals surface area contributed by atoms with Crippen LogP contribution in [-0.4, -0.2) is 11.5 Å². The summed E-state index contributed by atoms with van der Waals surface area (Å²) in [5, 5.41) is 0. The van der Waals surface area contributed by atoms with Gasteiger partial charge in [0.2, 0.25) is 5.91 Å². The van der Waals surface area contributed by atoms with Crippen LogP contribution < -0.4 is 10.5 Å². The zero-order chi connectivity index (χ0) is 14.2. The number of fused-ring (bicyclic) bond motifs is 1. The average molecular weight is 273 g/mol. The van der Waals surface area contributed by atoms with E-state index in [9.17, 15) is 4.79 Å². The molecular formula is C17H23NO2. The number of rotatable bonds is 3. The van der Waals surface area contributed by atoms with Crippen molar-refractivity contribution in [1.29, 1.82) is 0 Å². The smallest absolute Gasteiger partial charge is 0.218 e. The van der Waals surface area contributed by atoms with E-state index in [1.165, 1.54) is 24.0 Å². The maximum atomic E-state index is 11.4. The number of primary amides is 1. The van der Waals surface area contributed by atoms with E-state index in [2.05, 4.69) is 25.1 Å². The molecule has 20 heavy (non-hydrogen) atoms. The number of benzene rings is 1. The minimum Gasteiger partial charge on any atom is -0.487 e. The Labute approximate surface area is 120 Å². The summed E-state index contributed by atoms with van der Waals surface area (Å²) in [6, 6.07) is 6.42. The summed E-state index contributed by atoms with van der Waals surface area (Å²) in [6.07, 6.45) is 7.05. The number of aryl methyl sites for hydroxylation is 1. The second-order valence-electron chi connectivity index (χ2n) is 6.29. The first-order chi connectivity index (χ1) is 9.62. The van der Waals surface area contributed by atoms with Gasteiger partial charge in [0.05, 0.1) is 0 Å². The zero-order valence-corrected chi connectivity index (χ0v) is 12.2. The Morgan fingerprint density at radius 1 is 1.40 bits per heavy atom. The Morgan fingerprint density at radius 3 is 2.80 bits per heavy atom. The molecule has 108 valence electrons. The Hall–Kier alpha value is -1.51. The lowest BCUT2D eigenvalue weighted by molar-refractivity contribution is -0.118. The third-order valence-electron chi connectivity index (χ3n) is 4.83. The van der Waals surface area contributed by atoms with Crippen molar-refractivity contribution in [2.45, 2.75) is 63.4 Å². The van der Waals surface area contributed by atoms with Crippen molar-refractivity contribution in [1.82, 2.24) is 0 Å². The zero-order valence-electron chi connectivity index (χ0n) is 12.2. The summed E-state index contributed by atoms with van der Waals surface area (Å²) < 4.78 is 6.34. The molecule has 1 aliphatic carbocycles. The quantitative estimate of drug-likeness (QED) is 0.918. The molecule has 3 heteroatoms. The lowest BCUT2D eigenvalue weighted by Gasteiger charge is -2.40. The fraction of sp³-hybridized carbons (Fsp3) is 0.588. The van der Waals surface area contributed by atoms with Gasteiger partial charge in [0.1, 0.15) is 11.4 Å². The lowest BCUT2D eigenvalue weighted by atomic mass is 9.79. The number of amides is 1. The van der Waals surface area contributed by atoms with Crippen LogP contribution in [0.3, 0.4) is 0 Å². The fourth-order valence-electron chi connectivity index (χ4n) is 3.81. The van der Waals surface area contributed by atoms with E-state index in [0.29, 0.717) is 6.42 Å². The highest BCUT2D eigenvalue weighted by Crippen LogP contribution is 2.49. The molecule has 0 saturated heterocycles. The molecular weight excluding hydrogens is 250 g/mol. The second-order valence-corrected chi connectivity index (χ2v) is 6.29. The average Bonchev–Trinajstić information content (AvgIpc) is 2.85. The molecule has 1 unspecified atom stereocenters. The Kier molecular flexibility index (Phi) is 3.45. The van der Waals surface area contributed by atoms with Crippen LogP contribution in [0.5, 0.6) is 5.75 Å². The van der Waals surface area contributed by atoms with Gasteiger partial charge in [-0.25, -0.2) is 0 Å². The van der Waals surface area contributed by atoms with Crippen molar-refractivity contribution >= 4 is 5.91 Å². The molecule has 2 N–H and O–H groups in total. The first-order valence-corrected chi connectivity index (χ1v) is 7.72. The molecule has 1 aromatic rings. The van der Waals surface area contributed by atoms with Crippen LogP contribution in [0.2, 0.25) is 0 Å². The van der Waals surface area contributed by atoms with Crippen molar-refractivity contribution in [2.24, 2.45) is 5.73 Å². The van der Waals surface area contributed by atoms with Gasteiger partial charge in [-0.2, -0.15) is 0 Å². The predicted molar refractivity (Wildman–Crippen MR) is 78.8 cm³/mol. The van der Waals surface area contributed by atoms with Crippen molar-refractivity contribution in [3.8, 4) is 5.75 Å². The molecule has 1 fully saturated rings. The highest BCUT2D eigenvalue weighted by Gasteiger charge is 2.43. The molecule has 0 bridgehead atoms. The highest BCUT2D eigenvalue weighted by atomic mass is 16.5. The van der Waals surface area contributed by atoms with Gasteiger partial charge in [-0.15, -0.1) is 0 Å². The summed E-state index contributed by atoms with van der Waals surface area (Å²) in [6.45, 7) is 2.15. The van der Waals surface area contributed by atoms with Crippen molar-refractivity contribution in [3.05, 3.63) is 29.3 Å². The molecule has 0 radical (unpaired) electrons. The van der Waals surface area contributed by atoms with E-state index in [1.54, 1.807) is 0 Å². The number of ether oxygens (including phenoxy) is 1. The Bertz CT molecular complexity index is 518. The molecule has 1 aromatic carbocycles. The van der Waals surface area contributed by atoms with Gasteiger partial charge in [0.15, 0.2) is 0 Å². The minimum atomic E-state index is -0.210. The van der Waals surface area contributed by atoms with Gasteiger partial charge < -0.3 is 10.5 Å². The maximum Gasteiger partial charge on any atom is 0.218 e. The van der Waals surface area contributed by atoms with Crippen LogP contribution in [0.15, 0.2) is 18.2 Å². The number of carbonyl (C=O) groups excluding carboxylic acids is 1. The van der Waals surface area contributed by atoms with Crippen LogP contribution >= 0.6 is 0 Å². The lowest BCUT2D eigenvalue weighted by Crippen LogP contribution is -2.39. The van der Waals surface area contributed by atoms with Crippen LogP contribution in [0.4, 0.5) is 0 Å². The molecule has 1 saturated carbocycles. The number of hydrogen-bond donors (Lipinski definition) is 1. The fourth-order valence-corrected chi connectivity index (χ4v) is 3.81. The third-order valence-corrected chi connectivity index (χ3v) is 4.83. The van der Waals surface area contributed by atoms with Crippen LogP contribution in [-0.2, 0) is 11.2 Å². The number of carbonyl (C=O) groups is 1. The standard InChI is InChI=1S/C17H23NO2/c1-2-12-5-6-15-14(9-12)13(10-16(18)19)11-17(20-15)7-3-4-8-17/h5-6,9,13H,2-4,7-8,10-11H2,1H3,(H2,18,19). The highest BCUT2D eigenvalue weighted by molar-refractivity contribution is 5.75. The Morgan fingerprint density at radius 2 is 2.15 bits per heavy atom. The topological polar surface area (TPSA) is 52.3 Å². The molecule has 1 spiro atoms. The van der Waals surface area contributed by atoms with Crippen molar-refractivity contribution in [2.75, 3.05) is 0 Å². The van der Waals surface area contributed by atoms with Crippen molar-refractivity contribution in [3.63, 3.8) is 0 Å². The first-order valence-electron chi connectivity index (χ1n) is 7.72. The van der Waals surface area contributed by atoms with E-state index < -0.39 is 0 Å². The minimum absolute atomic E-state index is 0.0408. The van der Waals surface area contributed by atoms with E-state index in [-0.39, 0.29) is 17.4 Å². The molecule has 1 heterocycles. The van der Waals surface area contributed by atoms with Gasteiger partial charge in [-0.05, 0) is 55.7 Å². The number of hydrogen-bond acceptors (Lipinski definition) is 2. The summed E-state index contributed by atoms with van der Waals surface area (Å²) in [4.78, 5) is 11.4. The molecule has 1 amide bonds. The van der Waals surface area contributed by atoms with Gasteiger partial charge in [-0.1, -0.05) is 19.1 Å². The molecule has 3 nitrogen and oxygen atoms in total. The molecule has 3 rings (SSSR count). The summed E-state index contributed by atoms with van der Waals surface area (Å²) >= 11 is 0. The maximum absolute atomic E-state index is 11.4. The summed E-state index contributed by atoms with van der Waals surface area (Å²) in [7, 11) is 0. The van der Waals surface area contributed by atoms with Crippen molar-refractivity contribution < 1.29 is 9.53 Å². The largest absolute Gasteiger partial charge is 0.487 e. The van der Waals surface area contributed by atoms with Crippen LogP contribution in [0.25, 0.3) is 0 Å². The van der Waals surface area contributed by atoms with Crippen LogP contribution in [0.1, 0.15) is 62.5 Å². The van der Waals surface area contributed by atoms with Crippen LogP contribution in [0, 0.1) is 0 Å². The van der Waals surface area contributed by atoms with Gasteiger partial charge in [0, 0.05) is 12.3 Å². The molecule has 0 aromatic heterocycles. The molecule has 2 aliphatic rings. The van der Waals surface area contributed by atoms with E-state index in [0.717, 1.165) is 31.4 Å². The normalized spacial score (nSPS) is 23.4. The van der Waals surface area contributed by atoms with E-state index in [1.807, 2.05) is 0 Å². The SMILES string of the molecule is CCc1ccc2c(c1)C(CC(N)=O)CC1(CCCC1)O2. The van der Waals surface area contributed by atoms with Gasteiger partial charge in [0.25, 0.3) is 0 Å². The first kappa shape index (κ1) is 13.5. The monoisotopic (exact) mass is 273 g/mol. The predicted octanol–water partition coefficient (Wildman–Crippen LogP) is 3.30. The van der Waals surface area contributed by atoms with Gasteiger partial charge >= 0.3 is 0 Å². The second kappa shape index (κ2) is 5.12. The Balaban J connectivity index is 1.97. The van der Waals surface area contributed by atoms with E-state index >= 15 is 0 Å². The third kappa shape index (κ3) is 2.41. The molecule has 1 atom stereocenters. The summed E-state index contributed by atoms with van der Waals surface area (Å²) in [5.41, 5.74) is 7.89.